The Morgan fingerprint density at radius 1 is 1.43 bits per heavy atom. The largest absolute Gasteiger partial charge is 0.490 e. The summed E-state index contributed by atoms with van der Waals surface area (Å²) in [4.78, 5) is 11.1. The van der Waals surface area contributed by atoms with Gasteiger partial charge in [-0.05, 0) is 17.6 Å². The second-order valence-electron chi connectivity index (χ2n) is 2.71. The molecule has 0 spiro atoms. The van der Waals surface area contributed by atoms with Crippen LogP contribution < -0.4 is 5.46 Å². The minimum atomic E-state index is -1.01. The van der Waals surface area contributed by atoms with Gasteiger partial charge in [0.05, 0.1) is 12.7 Å². The molecule has 0 bridgehead atoms. The Balaban J connectivity index is 2.95. The number of ether oxygens (including phenoxy) is 1. The molecule has 0 amide bonds. The molecule has 0 fully saturated rings. The normalized spacial score (nSPS) is 9.64. The molecule has 0 aliphatic rings. The van der Waals surface area contributed by atoms with E-state index in [2.05, 4.69) is 4.74 Å². The summed E-state index contributed by atoms with van der Waals surface area (Å²) < 4.78 is 9.25. The first kappa shape index (κ1) is 10.8. The van der Waals surface area contributed by atoms with Gasteiger partial charge in [0, 0.05) is 7.11 Å². The molecule has 0 saturated heterocycles. The third-order valence-corrected chi connectivity index (χ3v) is 1.82. The highest BCUT2D eigenvalue weighted by Crippen LogP contribution is 1.99. The van der Waals surface area contributed by atoms with Crippen LogP contribution in [0.5, 0.6) is 0 Å². The molecule has 0 aliphatic heterocycles. The Morgan fingerprint density at radius 3 is 2.71 bits per heavy atom. The van der Waals surface area contributed by atoms with Crippen LogP contribution in [-0.2, 0) is 9.39 Å². The summed E-state index contributed by atoms with van der Waals surface area (Å²) in [6.45, 7) is 0. The lowest BCUT2D eigenvalue weighted by atomic mass is 9.79. The fourth-order valence-electron chi connectivity index (χ4n) is 1.07. The van der Waals surface area contributed by atoms with Crippen LogP contribution in [0.25, 0.3) is 0 Å². The molecule has 0 atom stereocenters. The lowest BCUT2D eigenvalue weighted by molar-refractivity contribution is 0.0601. The molecule has 0 unspecified atom stereocenters. The van der Waals surface area contributed by atoms with Gasteiger partial charge in [-0.2, -0.15) is 0 Å². The Labute approximate surface area is 82.6 Å². The first-order valence-corrected chi connectivity index (χ1v) is 4.08. The molecule has 74 valence electrons. The lowest BCUT2D eigenvalue weighted by Gasteiger charge is -2.05. The first-order chi connectivity index (χ1) is 6.69. The van der Waals surface area contributed by atoms with E-state index >= 15 is 0 Å². The maximum Gasteiger partial charge on any atom is 0.490 e. The van der Waals surface area contributed by atoms with E-state index in [0.29, 0.717) is 11.0 Å². The van der Waals surface area contributed by atoms with E-state index in [1.54, 1.807) is 18.2 Å². The second-order valence-corrected chi connectivity index (χ2v) is 2.71. The molecule has 1 aromatic rings. The molecule has 0 radical (unpaired) electrons. The van der Waals surface area contributed by atoms with Crippen molar-refractivity contribution >= 4 is 18.6 Å². The van der Waals surface area contributed by atoms with Crippen molar-refractivity contribution in [2.24, 2.45) is 0 Å². The first-order valence-electron chi connectivity index (χ1n) is 4.08. The zero-order valence-corrected chi connectivity index (χ0v) is 8.06. The van der Waals surface area contributed by atoms with Crippen molar-refractivity contribution in [3.63, 3.8) is 0 Å². The van der Waals surface area contributed by atoms with Crippen molar-refractivity contribution in [3.05, 3.63) is 29.8 Å². The topological polar surface area (TPSA) is 55.8 Å². The van der Waals surface area contributed by atoms with Crippen LogP contribution >= 0.6 is 0 Å². The van der Waals surface area contributed by atoms with Gasteiger partial charge in [-0.1, -0.05) is 12.1 Å². The number of carbonyl (C=O) groups excluding carboxylic acids is 1. The maximum absolute atomic E-state index is 11.1. The van der Waals surface area contributed by atoms with Crippen LogP contribution in [0.2, 0.25) is 0 Å². The van der Waals surface area contributed by atoms with Gasteiger partial charge < -0.3 is 14.4 Å². The maximum atomic E-state index is 11.1. The summed E-state index contributed by atoms with van der Waals surface area (Å²) >= 11 is 0. The van der Waals surface area contributed by atoms with E-state index in [-0.39, 0.29) is 0 Å². The van der Waals surface area contributed by atoms with Crippen LogP contribution in [0.15, 0.2) is 24.3 Å². The molecular weight excluding hydrogens is 183 g/mol. The number of esters is 1. The summed E-state index contributed by atoms with van der Waals surface area (Å²) in [6.07, 6.45) is 0. The molecular formula is C9H11BO4. The molecule has 1 rings (SSSR count). The van der Waals surface area contributed by atoms with E-state index in [1.165, 1.54) is 20.3 Å². The third-order valence-electron chi connectivity index (χ3n) is 1.82. The van der Waals surface area contributed by atoms with Crippen molar-refractivity contribution in [2.45, 2.75) is 0 Å². The van der Waals surface area contributed by atoms with E-state index in [1.807, 2.05) is 0 Å². The number of rotatable bonds is 3. The smallest absolute Gasteiger partial charge is 0.465 e. The number of hydrogen-bond acceptors (Lipinski definition) is 4. The number of methoxy groups -OCH3 is 1. The standard InChI is InChI=1S/C9H11BO4/c1-13-9(11)7-4-3-5-8(6-7)10(12)14-2/h3-6,12H,1-2H3. The SMILES string of the molecule is COB(O)c1cccc(C(=O)OC)c1. The zero-order valence-electron chi connectivity index (χ0n) is 8.06. The van der Waals surface area contributed by atoms with Crippen LogP contribution in [0, 0.1) is 0 Å². The minimum absolute atomic E-state index is 0.390. The quantitative estimate of drug-likeness (QED) is 0.535. The van der Waals surface area contributed by atoms with E-state index < -0.39 is 13.1 Å². The molecule has 5 heteroatoms. The minimum Gasteiger partial charge on any atom is -0.465 e. The molecule has 14 heavy (non-hydrogen) atoms. The molecule has 0 heterocycles. The van der Waals surface area contributed by atoms with Crippen molar-refractivity contribution in [1.82, 2.24) is 0 Å². The van der Waals surface area contributed by atoms with Gasteiger partial charge >= 0.3 is 13.1 Å². The predicted octanol–water partition coefficient (Wildman–Crippen LogP) is -0.193. The fourth-order valence-corrected chi connectivity index (χ4v) is 1.07. The van der Waals surface area contributed by atoms with Gasteiger partial charge in [-0.15, -0.1) is 0 Å². The molecule has 0 saturated carbocycles. The highest BCUT2D eigenvalue weighted by Gasteiger charge is 2.16. The summed E-state index contributed by atoms with van der Waals surface area (Å²) in [5.74, 6) is -0.435. The molecule has 0 aromatic heterocycles. The predicted molar refractivity (Wildman–Crippen MR) is 52.4 cm³/mol. The second kappa shape index (κ2) is 4.78. The van der Waals surface area contributed by atoms with Crippen LogP contribution in [0.3, 0.4) is 0 Å². The Hall–Kier alpha value is -1.33. The summed E-state index contributed by atoms with van der Waals surface area (Å²) in [5, 5.41) is 9.33. The van der Waals surface area contributed by atoms with Crippen LogP contribution in [-0.4, -0.2) is 32.3 Å². The van der Waals surface area contributed by atoms with Gasteiger partial charge in [0.2, 0.25) is 0 Å². The van der Waals surface area contributed by atoms with Gasteiger partial charge in [-0.25, -0.2) is 4.79 Å². The van der Waals surface area contributed by atoms with Crippen molar-refractivity contribution in [1.29, 1.82) is 0 Å². The van der Waals surface area contributed by atoms with Crippen LogP contribution in [0.4, 0.5) is 0 Å². The zero-order chi connectivity index (χ0) is 10.6. The van der Waals surface area contributed by atoms with Gasteiger partial charge in [0.25, 0.3) is 0 Å². The summed E-state index contributed by atoms with van der Waals surface area (Å²) in [6, 6.07) is 6.46. The van der Waals surface area contributed by atoms with Gasteiger partial charge in [-0.3, -0.25) is 0 Å². The van der Waals surface area contributed by atoms with Crippen LogP contribution in [0.1, 0.15) is 10.4 Å². The van der Waals surface area contributed by atoms with E-state index in [4.69, 9.17) is 4.65 Å². The summed E-state index contributed by atoms with van der Waals surface area (Å²) in [7, 11) is 1.68. The Kier molecular flexibility index (Phi) is 3.68. The average molecular weight is 194 g/mol. The van der Waals surface area contributed by atoms with Crippen molar-refractivity contribution in [3.8, 4) is 0 Å². The van der Waals surface area contributed by atoms with Gasteiger partial charge in [0.15, 0.2) is 0 Å². The van der Waals surface area contributed by atoms with E-state index in [0.717, 1.165) is 0 Å². The third kappa shape index (κ3) is 2.34. The highest BCUT2D eigenvalue weighted by atomic mass is 16.5. The average Bonchev–Trinajstić information content (AvgIpc) is 2.27. The summed E-state index contributed by atoms with van der Waals surface area (Å²) in [5.41, 5.74) is 0.913. The molecule has 1 N–H and O–H groups in total. The molecule has 4 nitrogen and oxygen atoms in total. The van der Waals surface area contributed by atoms with Crippen molar-refractivity contribution in [2.75, 3.05) is 14.2 Å². The molecule has 0 aliphatic carbocycles. The fraction of sp³-hybridized carbons (Fsp3) is 0.222. The Morgan fingerprint density at radius 2 is 2.14 bits per heavy atom. The molecule has 1 aromatic carbocycles. The van der Waals surface area contributed by atoms with Crippen molar-refractivity contribution < 1.29 is 19.2 Å². The lowest BCUT2D eigenvalue weighted by Crippen LogP contribution is -2.32. The monoisotopic (exact) mass is 194 g/mol. The number of benzene rings is 1. The van der Waals surface area contributed by atoms with E-state index in [9.17, 15) is 9.82 Å². The highest BCUT2D eigenvalue weighted by molar-refractivity contribution is 6.60. The Bertz CT molecular complexity index is 326. The number of carbonyl (C=O) groups is 1. The van der Waals surface area contributed by atoms with Gasteiger partial charge in [0.1, 0.15) is 0 Å². The number of hydrogen-bond donors (Lipinski definition) is 1.